The summed E-state index contributed by atoms with van der Waals surface area (Å²) in [5.41, 5.74) is 2.30. The fourth-order valence-electron chi connectivity index (χ4n) is 3.29. The molecule has 1 unspecified atom stereocenters. The van der Waals surface area contributed by atoms with Crippen molar-refractivity contribution in [2.75, 3.05) is 26.2 Å². The zero-order valence-corrected chi connectivity index (χ0v) is 20.5. The van der Waals surface area contributed by atoms with Gasteiger partial charge in [0.25, 0.3) is 0 Å². The van der Waals surface area contributed by atoms with E-state index in [1.807, 2.05) is 24.1 Å². The molecule has 2 aromatic rings. The molecule has 9 heteroatoms. The number of nitrogens with one attached hydrogen (secondary N) is 1. The lowest BCUT2D eigenvalue weighted by Gasteiger charge is -2.34. The Morgan fingerprint density at radius 2 is 2.25 bits per heavy atom. The van der Waals surface area contributed by atoms with E-state index in [4.69, 9.17) is 14.7 Å². The highest BCUT2D eigenvalue weighted by atomic mass is 127. The highest BCUT2D eigenvalue weighted by molar-refractivity contribution is 14.0. The molecule has 1 atom stereocenters. The van der Waals surface area contributed by atoms with Crippen LogP contribution in [0, 0.1) is 6.92 Å². The number of hydrogen-bond acceptors (Lipinski definition) is 5. The molecule has 2 aromatic heterocycles. The SMILES string of the molecule is CCNC(=NCc1nc(C(C)C)c(C)s1)N1CCOC(c2cnn(C)c2)C1.I. The number of aromatic nitrogens is 3. The average molecular weight is 518 g/mol. The molecule has 0 spiro atoms. The van der Waals surface area contributed by atoms with E-state index in [9.17, 15) is 0 Å². The van der Waals surface area contributed by atoms with Gasteiger partial charge in [0.2, 0.25) is 0 Å². The first-order valence-corrected chi connectivity index (χ1v) is 10.4. The van der Waals surface area contributed by atoms with E-state index >= 15 is 0 Å². The maximum atomic E-state index is 5.96. The first-order valence-electron chi connectivity index (χ1n) is 9.57. The van der Waals surface area contributed by atoms with Gasteiger partial charge >= 0.3 is 0 Å². The minimum atomic E-state index is 0. The molecule has 28 heavy (non-hydrogen) atoms. The van der Waals surface area contributed by atoms with Crippen molar-refractivity contribution in [3.8, 4) is 0 Å². The van der Waals surface area contributed by atoms with Gasteiger partial charge in [0, 0.05) is 36.8 Å². The van der Waals surface area contributed by atoms with E-state index in [0.29, 0.717) is 19.1 Å². The summed E-state index contributed by atoms with van der Waals surface area (Å²) in [4.78, 5) is 13.2. The van der Waals surface area contributed by atoms with Crippen molar-refractivity contribution in [1.82, 2.24) is 25.0 Å². The lowest BCUT2D eigenvalue weighted by Crippen LogP contribution is -2.48. The Balaban J connectivity index is 0.00000280. The monoisotopic (exact) mass is 518 g/mol. The molecule has 0 aliphatic carbocycles. The van der Waals surface area contributed by atoms with Crippen LogP contribution in [0.1, 0.15) is 53.9 Å². The van der Waals surface area contributed by atoms with Gasteiger partial charge in [0.05, 0.1) is 31.6 Å². The van der Waals surface area contributed by atoms with E-state index in [1.165, 1.54) is 10.6 Å². The van der Waals surface area contributed by atoms with Crippen LogP contribution in [0.15, 0.2) is 17.4 Å². The zero-order chi connectivity index (χ0) is 19.4. The maximum absolute atomic E-state index is 5.96. The molecule has 1 aliphatic heterocycles. The number of thiazole rings is 1. The third kappa shape index (κ3) is 5.66. The summed E-state index contributed by atoms with van der Waals surface area (Å²) >= 11 is 1.75. The predicted molar refractivity (Wildman–Crippen MR) is 125 cm³/mol. The molecule has 0 aromatic carbocycles. The van der Waals surface area contributed by atoms with Crippen LogP contribution >= 0.6 is 35.3 Å². The summed E-state index contributed by atoms with van der Waals surface area (Å²) in [7, 11) is 1.93. The second kappa shape index (κ2) is 10.5. The van der Waals surface area contributed by atoms with E-state index in [2.05, 4.69) is 43.0 Å². The van der Waals surface area contributed by atoms with E-state index < -0.39 is 0 Å². The molecule has 0 radical (unpaired) electrons. The Labute approximate surface area is 188 Å². The third-order valence-corrected chi connectivity index (χ3v) is 5.56. The minimum absolute atomic E-state index is 0. The highest BCUT2D eigenvalue weighted by Crippen LogP contribution is 2.25. The van der Waals surface area contributed by atoms with Gasteiger partial charge in [-0.25, -0.2) is 9.98 Å². The number of guanidine groups is 1. The van der Waals surface area contributed by atoms with Crippen molar-refractivity contribution in [3.63, 3.8) is 0 Å². The largest absolute Gasteiger partial charge is 0.370 e. The number of aryl methyl sites for hydroxylation is 2. The van der Waals surface area contributed by atoms with E-state index in [-0.39, 0.29) is 30.1 Å². The first kappa shape index (κ1) is 23.1. The van der Waals surface area contributed by atoms with Crippen molar-refractivity contribution in [3.05, 3.63) is 33.5 Å². The number of aliphatic imine (C=N–C) groups is 1. The van der Waals surface area contributed by atoms with Gasteiger partial charge in [-0.2, -0.15) is 5.10 Å². The molecule has 7 nitrogen and oxygen atoms in total. The number of rotatable bonds is 5. The molecule has 0 amide bonds. The summed E-state index contributed by atoms with van der Waals surface area (Å²) in [5, 5.41) is 8.76. The topological polar surface area (TPSA) is 67.6 Å². The van der Waals surface area contributed by atoms with Crippen molar-refractivity contribution < 1.29 is 4.74 Å². The Kier molecular flexibility index (Phi) is 8.69. The van der Waals surface area contributed by atoms with Crippen molar-refractivity contribution in [2.24, 2.45) is 12.0 Å². The van der Waals surface area contributed by atoms with Gasteiger partial charge in [0.15, 0.2) is 5.96 Å². The van der Waals surface area contributed by atoms with Crippen LogP contribution in [0.3, 0.4) is 0 Å². The molecule has 1 aliphatic rings. The molecule has 156 valence electrons. The van der Waals surface area contributed by atoms with E-state index in [0.717, 1.165) is 36.2 Å². The Morgan fingerprint density at radius 3 is 2.86 bits per heavy atom. The Hall–Kier alpha value is -1.20. The van der Waals surface area contributed by atoms with Crippen LogP contribution in [0.25, 0.3) is 0 Å². The molecule has 0 saturated carbocycles. The van der Waals surface area contributed by atoms with Crippen LogP contribution in [-0.2, 0) is 18.3 Å². The van der Waals surface area contributed by atoms with Gasteiger partial charge in [-0.3, -0.25) is 4.68 Å². The van der Waals surface area contributed by atoms with Crippen LogP contribution in [0.4, 0.5) is 0 Å². The number of ether oxygens (including phenoxy) is 1. The van der Waals surface area contributed by atoms with Crippen LogP contribution in [0.5, 0.6) is 0 Å². The number of morpholine rings is 1. The van der Waals surface area contributed by atoms with Crippen molar-refractivity contribution in [2.45, 2.75) is 46.3 Å². The van der Waals surface area contributed by atoms with Gasteiger partial charge < -0.3 is 15.0 Å². The summed E-state index contributed by atoms with van der Waals surface area (Å²) in [6.07, 6.45) is 3.92. The second-order valence-corrected chi connectivity index (χ2v) is 8.41. The lowest BCUT2D eigenvalue weighted by molar-refractivity contribution is -0.00805. The highest BCUT2D eigenvalue weighted by Gasteiger charge is 2.25. The fourth-order valence-corrected chi connectivity index (χ4v) is 4.30. The summed E-state index contributed by atoms with van der Waals surface area (Å²) in [6.45, 7) is 12.3. The van der Waals surface area contributed by atoms with Gasteiger partial charge in [-0.15, -0.1) is 35.3 Å². The van der Waals surface area contributed by atoms with Gasteiger partial charge in [0.1, 0.15) is 11.1 Å². The maximum Gasteiger partial charge on any atom is 0.194 e. The van der Waals surface area contributed by atoms with Crippen LogP contribution < -0.4 is 5.32 Å². The molecule has 3 rings (SSSR count). The molecule has 1 saturated heterocycles. The molecule has 0 bridgehead atoms. The van der Waals surface area contributed by atoms with Crippen LogP contribution in [0.2, 0.25) is 0 Å². The number of nitrogens with zero attached hydrogens (tertiary/aromatic N) is 5. The zero-order valence-electron chi connectivity index (χ0n) is 17.3. The standard InChI is InChI=1S/C19H30N6OS.HI/c1-6-20-19(21-10-17-23-18(13(2)3)14(4)27-17)25-7-8-26-16(12-25)15-9-22-24(5)11-15;/h9,11,13,16H,6-8,10,12H2,1-5H3,(H,20,21);1H. The molecule has 1 N–H and O–H groups in total. The molecular weight excluding hydrogens is 487 g/mol. The number of halogens is 1. The molecule has 3 heterocycles. The Bertz CT molecular complexity index is 787. The van der Waals surface area contributed by atoms with Gasteiger partial charge in [-0.05, 0) is 19.8 Å². The smallest absolute Gasteiger partial charge is 0.194 e. The molecule has 1 fully saturated rings. The van der Waals surface area contributed by atoms with Crippen LogP contribution in [-0.4, -0.2) is 51.9 Å². The lowest BCUT2D eigenvalue weighted by atomic mass is 10.1. The summed E-state index contributed by atoms with van der Waals surface area (Å²) < 4.78 is 7.77. The summed E-state index contributed by atoms with van der Waals surface area (Å²) in [6, 6.07) is 0. The first-order chi connectivity index (χ1) is 13.0. The Morgan fingerprint density at radius 1 is 1.46 bits per heavy atom. The molecular formula is C19H31IN6OS. The number of hydrogen-bond donors (Lipinski definition) is 1. The normalized spacial score (nSPS) is 17.7. The fraction of sp³-hybridized carbons (Fsp3) is 0.632. The van der Waals surface area contributed by atoms with Crippen molar-refractivity contribution in [1.29, 1.82) is 0 Å². The average Bonchev–Trinajstić information content (AvgIpc) is 3.24. The predicted octanol–water partition coefficient (Wildman–Crippen LogP) is 3.47. The summed E-state index contributed by atoms with van der Waals surface area (Å²) in [5.74, 6) is 1.38. The van der Waals surface area contributed by atoms with Gasteiger partial charge in [-0.1, -0.05) is 13.8 Å². The minimum Gasteiger partial charge on any atom is -0.370 e. The third-order valence-electron chi connectivity index (χ3n) is 4.59. The van der Waals surface area contributed by atoms with Crippen molar-refractivity contribution >= 4 is 41.3 Å². The second-order valence-electron chi connectivity index (χ2n) is 7.13. The van der Waals surface area contributed by atoms with E-state index in [1.54, 1.807) is 11.3 Å². The quantitative estimate of drug-likeness (QED) is 0.373.